The zero-order chi connectivity index (χ0) is 16.5. The summed E-state index contributed by atoms with van der Waals surface area (Å²) in [6.07, 6.45) is 4.83. The van der Waals surface area contributed by atoms with Crippen LogP contribution in [0.3, 0.4) is 0 Å². The third kappa shape index (κ3) is 3.62. The molecule has 0 radical (unpaired) electrons. The first-order chi connectivity index (χ1) is 10.1. The number of hydrogen-bond acceptors (Lipinski definition) is 3. The van der Waals surface area contributed by atoms with Crippen LogP contribution in [-0.2, 0) is 9.53 Å². The third-order valence-electron chi connectivity index (χ3n) is 4.76. The van der Waals surface area contributed by atoms with Crippen molar-refractivity contribution < 1.29 is 19.4 Å². The summed E-state index contributed by atoms with van der Waals surface area (Å²) in [6, 6.07) is 0. The van der Waals surface area contributed by atoms with Gasteiger partial charge >= 0.3 is 12.1 Å². The third-order valence-corrected chi connectivity index (χ3v) is 4.76. The number of rotatable bonds is 5. The zero-order valence-corrected chi connectivity index (χ0v) is 13.9. The molecule has 0 aromatic heterocycles. The first kappa shape index (κ1) is 16.8. The normalized spacial score (nSPS) is 30.1. The Morgan fingerprint density at radius 2 is 2.14 bits per heavy atom. The molecule has 3 unspecified atom stereocenters. The summed E-state index contributed by atoms with van der Waals surface area (Å²) >= 11 is 0. The number of carboxylic acids is 1. The smallest absolute Gasteiger partial charge is 0.407 e. The highest BCUT2D eigenvalue weighted by Gasteiger charge is 2.55. The first-order valence-corrected chi connectivity index (χ1v) is 8.03. The maximum atomic E-state index is 11.8. The van der Waals surface area contributed by atoms with E-state index in [1.54, 1.807) is 0 Å². The molecule has 1 fully saturated rings. The van der Waals surface area contributed by atoms with Crippen molar-refractivity contribution in [1.82, 2.24) is 5.32 Å². The molecule has 5 nitrogen and oxygen atoms in total. The number of alkyl carbamates (subject to hydrolysis) is 1. The van der Waals surface area contributed by atoms with Crippen LogP contribution in [0, 0.1) is 17.3 Å². The minimum atomic E-state index is -0.803. The first-order valence-electron chi connectivity index (χ1n) is 8.03. The van der Waals surface area contributed by atoms with Gasteiger partial charge in [0.05, 0.1) is 6.42 Å². The van der Waals surface area contributed by atoms with Crippen molar-refractivity contribution >= 4 is 12.1 Å². The average molecular weight is 309 g/mol. The Morgan fingerprint density at radius 3 is 2.68 bits per heavy atom. The molecule has 0 aliphatic heterocycles. The van der Waals surface area contributed by atoms with Gasteiger partial charge in [-0.2, -0.15) is 0 Å². The number of amides is 1. The fraction of sp³-hybridized carbons (Fsp3) is 0.765. The Hall–Kier alpha value is -1.52. The summed E-state index contributed by atoms with van der Waals surface area (Å²) in [5, 5.41) is 12.0. The van der Waals surface area contributed by atoms with E-state index in [-0.39, 0.29) is 17.8 Å². The molecule has 0 aromatic carbocycles. The van der Waals surface area contributed by atoms with Gasteiger partial charge in [-0.25, -0.2) is 4.79 Å². The van der Waals surface area contributed by atoms with Crippen LogP contribution in [0.1, 0.15) is 53.4 Å². The summed E-state index contributed by atoms with van der Waals surface area (Å²) in [6.45, 7) is 7.93. The van der Waals surface area contributed by atoms with E-state index in [9.17, 15) is 14.7 Å². The number of hydrogen-bond donors (Lipinski definition) is 2. The van der Waals surface area contributed by atoms with Crippen molar-refractivity contribution in [2.24, 2.45) is 17.3 Å². The Labute approximate surface area is 132 Å². The predicted molar refractivity (Wildman–Crippen MR) is 83.5 cm³/mol. The summed E-state index contributed by atoms with van der Waals surface area (Å²) in [7, 11) is 0. The largest absolute Gasteiger partial charge is 0.481 e. The zero-order valence-electron chi connectivity index (χ0n) is 13.9. The van der Waals surface area contributed by atoms with Crippen LogP contribution in [-0.4, -0.2) is 29.3 Å². The minimum Gasteiger partial charge on any atom is -0.481 e. The number of carboxylic acid groups (broad SMARTS) is 1. The number of allylic oxidation sites excluding steroid dienone is 2. The van der Waals surface area contributed by atoms with E-state index in [1.165, 1.54) is 5.57 Å². The van der Waals surface area contributed by atoms with E-state index < -0.39 is 17.7 Å². The second-order valence-corrected chi connectivity index (χ2v) is 7.66. The molecule has 5 heteroatoms. The Morgan fingerprint density at radius 1 is 1.45 bits per heavy atom. The van der Waals surface area contributed by atoms with Crippen LogP contribution in [0.4, 0.5) is 4.79 Å². The fourth-order valence-corrected chi connectivity index (χ4v) is 3.86. The minimum absolute atomic E-state index is 0.0947. The van der Waals surface area contributed by atoms with Gasteiger partial charge in [-0.05, 0) is 51.9 Å². The molecule has 2 rings (SSSR count). The van der Waals surface area contributed by atoms with Crippen molar-refractivity contribution in [1.29, 1.82) is 0 Å². The van der Waals surface area contributed by atoms with E-state index in [1.807, 2.05) is 20.8 Å². The van der Waals surface area contributed by atoms with Crippen LogP contribution in [0.5, 0.6) is 0 Å². The summed E-state index contributed by atoms with van der Waals surface area (Å²) in [5.41, 5.74) is 0.513. The number of carbonyl (C=O) groups is 2. The maximum Gasteiger partial charge on any atom is 0.407 e. The highest BCUT2D eigenvalue weighted by atomic mass is 16.6. The molecule has 2 N–H and O–H groups in total. The van der Waals surface area contributed by atoms with Crippen molar-refractivity contribution in [2.45, 2.75) is 59.0 Å². The average Bonchev–Trinajstić information content (AvgIpc) is 2.70. The van der Waals surface area contributed by atoms with Crippen LogP contribution >= 0.6 is 0 Å². The summed E-state index contributed by atoms with van der Waals surface area (Å²) in [4.78, 5) is 23.1. The lowest BCUT2D eigenvalue weighted by atomic mass is 9.53. The quantitative estimate of drug-likeness (QED) is 0.764. The van der Waals surface area contributed by atoms with Crippen LogP contribution in [0.25, 0.3) is 0 Å². The Balaban J connectivity index is 2.01. The SMILES string of the molecule is CCC1=CC2C(C1)CC2(CNC(=O)OC(C)(C)C)CC(=O)O. The molecule has 0 aromatic rings. The van der Waals surface area contributed by atoms with Crippen LogP contribution < -0.4 is 5.32 Å². The summed E-state index contributed by atoms with van der Waals surface area (Å²) in [5.74, 6) is 0.0195. The molecule has 2 aliphatic carbocycles. The molecule has 0 bridgehead atoms. The molecule has 0 heterocycles. The fourth-order valence-electron chi connectivity index (χ4n) is 3.86. The van der Waals surface area contributed by atoms with E-state index in [2.05, 4.69) is 18.3 Å². The highest BCUT2D eigenvalue weighted by Crippen LogP contribution is 2.59. The monoisotopic (exact) mass is 309 g/mol. The van der Waals surface area contributed by atoms with Gasteiger partial charge in [0.2, 0.25) is 0 Å². The summed E-state index contributed by atoms with van der Waals surface area (Å²) < 4.78 is 5.25. The van der Waals surface area contributed by atoms with Gasteiger partial charge in [0, 0.05) is 12.0 Å². The van der Waals surface area contributed by atoms with Gasteiger partial charge in [-0.15, -0.1) is 0 Å². The molecule has 2 aliphatic rings. The molecule has 3 atom stereocenters. The van der Waals surface area contributed by atoms with Gasteiger partial charge in [0.25, 0.3) is 0 Å². The lowest BCUT2D eigenvalue weighted by Gasteiger charge is -2.51. The van der Waals surface area contributed by atoms with Gasteiger partial charge in [0.15, 0.2) is 0 Å². The molecule has 22 heavy (non-hydrogen) atoms. The Kier molecular flexibility index (Phi) is 4.54. The molecule has 1 saturated carbocycles. The van der Waals surface area contributed by atoms with E-state index >= 15 is 0 Å². The van der Waals surface area contributed by atoms with E-state index in [0.29, 0.717) is 12.5 Å². The van der Waals surface area contributed by atoms with Crippen molar-refractivity contribution in [3.63, 3.8) is 0 Å². The van der Waals surface area contributed by atoms with Gasteiger partial charge < -0.3 is 15.2 Å². The van der Waals surface area contributed by atoms with Crippen LogP contribution in [0.15, 0.2) is 11.6 Å². The number of carbonyl (C=O) groups excluding carboxylic acids is 1. The van der Waals surface area contributed by atoms with Gasteiger partial charge in [-0.3, -0.25) is 4.79 Å². The lowest BCUT2D eigenvalue weighted by Crippen LogP contribution is -2.53. The van der Waals surface area contributed by atoms with Gasteiger partial charge in [0.1, 0.15) is 5.60 Å². The molecular formula is C17H27NO4. The number of nitrogens with one attached hydrogen (secondary N) is 1. The predicted octanol–water partition coefficient (Wildman–Crippen LogP) is 3.35. The molecule has 0 spiro atoms. The number of ether oxygens (including phenoxy) is 1. The molecule has 1 amide bonds. The molecular weight excluding hydrogens is 282 g/mol. The van der Waals surface area contributed by atoms with Crippen molar-refractivity contribution in [3.8, 4) is 0 Å². The van der Waals surface area contributed by atoms with E-state index in [4.69, 9.17) is 4.74 Å². The van der Waals surface area contributed by atoms with E-state index in [0.717, 1.165) is 19.3 Å². The van der Waals surface area contributed by atoms with Crippen molar-refractivity contribution in [3.05, 3.63) is 11.6 Å². The number of fused-ring (bicyclic) bond motifs is 1. The maximum absolute atomic E-state index is 11.8. The second-order valence-electron chi connectivity index (χ2n) is 7.66. The molecule has 124 valence electrons. The lowest BCUT2D eigenvalue weighted by molar-refractivity contribution is -0.144. The van der Waals surface area contributed by atoms with Crippen LogP contribution in [0.2, 0.25) is 0 Å². The number of aliphatic carboxylic acids is 1. The van der Waals surface area contributed by atoms with Gasteiger partial charge in [-0.1, -0.05) is 18.6 Å². The second kappa shape index (κ2) is 5.94. The standard InChI is InChI=1S/C17H27NO4/c1-5-11-6-12-8-17(9-14(19)20,13(12)7-11)10-18-15(21)22-16(2,3)4/h7,12-13H,5-6,8-10H2,1-4H3,(H,18,21)(H,19,20). The Bertz CT molecular complexity index is 491. The topological polar surface area (TPSA) is 75.6 Å². The van der Waals surface area contributed by atoms with Crippen molar-refractivity contribution in [2.75, 3.05) is 6.54 Å². The molecule has 0 saturated heterocycles. The highest BCUT2D eigenvalue weighted by molar-refractivity contribution is 5.70.